The Kier molecular flexibility index (Phi) is 3.70. The zero-order valence-corrected chi connectivity index (χ0v) is 15.1. The molecule has 0 spiro atoms. The molecule has 0 aromatic heterocycles. The number of rotatable bonds is 1. The van der Waals surface area contributed by atoms with Crippen molar-refractivity contribution in [2.45, 2.75) is 59.7 Å². The van der Waals surface area contributed by atoms with Gasteiger partial charge in [0.1, 0.15) is 0 Å². The van der Waals surface area contributed by atoms with E-state index in [4.69, 9.17) is 9.31 Å². The van der Waals surface area contributed by atoms with Crippen molar-refractivity contribution in [3.05, 3.63) is 22.8 Å². The summed E-state index contributed by atoms with van der Waals surface area (Å²) in [7, 11) is -0.260. The van der Waals surface area contributed by atoms with E-state index in [2.05, 4.69) is 71.0 Å². The van der Waals surface area contributed by atoms with Crippen LogP contribution in [-0.4, -0.2) is 34.8 Å². The first-order chi connectivity index (χ1) is 8.57. The zero-order valence-electron chi connectivity index (χ0n) is 13.0. The van der Waals surface area contributed by atoms with Crippen molar-refractivity contribution < 1.29 is 9.31 Å². The molecule has 0 unspecified atom stereocenters. The summed E-state index contributed by atoms with van der Waals surface area (Å²) in [4.78, 5) is 0. The molecule has 1 aromatic carbocycles. The minimum atomic E-state index is -0.282. The Labute approximate surface area is 125 Å². The Bertz CT molecular complexity index is 507. The fourth-order valence-electron chi connectivity index (χ4n) is 2.43. The van der Waals surface area contributed by atoms with E-state index in [1.165, 1.54) is 26.5 Å². The molecule has 0 atom stereocenters. The normalized spacial score (nSPS) is 20.9. The van der Waals surface area contributed by atoms with Crippen molar-refractivity contribution in [2.75, 3.05) is 0 Å². The van der Waals surface area contributed by atoms with Crippen LogP contribution in [0.5, 0.6) is 0 Å². The number of benzene rings is 1. The van der Waals surface area contributed by atoms with E-state index in [1.54, 1.807) is 0 Å². The molecule has 1 heterocycles. The van der Waals surface area contributed by atoms with E-state index >= 15 is 0 Å². The first-order valence-electron chi connectivity index (χ1n) is 6.75. The molecule has 0 aliphatic carbocycles. The predicted molar refractivity (Wildman–Crippen MR) is 81.8 cm³/mol. The quantitative estimate of drug-likeness (QED) is 0.734. The van der Waals surface area contributed by atoms with E-state index in [-0.39, 0.29) is 18.3 Å². The topological polar surface area (TPSA) is 18.5 Å². The van der Waals surface area contributed by atoms with Crippen molar-refractivity contribution in [3.8, 4) is 0 Å². The third-order valence-corrected chi connectivity index (χ3v) is 5.73. The average Bonchev–Trinajstić information content (AvgIpc) is 2.44. The van der Waals surface area contributed by atoms with Gasteiger partial charge in [0.05, 0.1) is 0 Å². The first-order valence-corrected chi connectivity index (χ1v) is 7.79. The van der Waals surface area contributed by atoms with Crippen molar-refractivity contribution in [1.82, 2.24) is 0 Å². The van der Waals surface area contributed by atoms with Crippen LogP contribution in [0.4, 0.5) is 0 Å². The van der Waals surface area contributed by atoms with Crippen LogP contribution in [0, 0.1) is 20.8 Å². The standard InChI is InChI=1S/C15H22BGeO2/c1-9-8-12(17)10(2)11(3)13(9)16-18-14(4,5)15(6,7)19-16/h8H,1-7H3. The molecule has 0 N–H and O–H groups in total. The van der Waals surface area contributed by atoms with Gasteiger partial charge in [0.15, 0.2) is 0 Å². The van der Waals surface area contributed by atoms with Gasteiger partial charge in [-0.3, -0.25) is 0 Å². The Hall–Kier alpha value is -0.252. The van der Waals surface area contributed by atoms with Crippen LogP contribution in [0.1, 0.15) is 44.4 Å². The second-order valence-electron chi connectivity index (χ2n) is 6.49. The average molecular weight is 318 g/mol. The third kappa shape index (κ3) is 2.41. The summed E-state index contributed by atoms with van der Waals surface area (Å²) in [6.45, 7) is 14.9. The van der Waals surface area contributed by atoms with E-state index in [0.29, 0.717) is 0 Å². The van der Waals surface area contributed by atoms with E-state index in [1.807, 2.05) is 0 Å². The van der Waals surface area contributed by atoms with Gasteiger partial charge in [-0.15, -0.1) is 0 Å². The van der Waals surface area contributed by atoms with E-state index in [0.717, 1.165) is 0 Å². The fraction of sp³-hybridized carbons (Fsp3) is 0.600. The summed E-state index contributed by atoms with van der Waals surface area (Å²) >= 11 is 2.16. The van der Waals surface area contributed by atoms with Crippen LogP contribution in [0.25, 0.3) is 0 Å². The maximum atomic E-state index is 6.18. The summed E-state index contributed by atoms with van der Waals surface area (Å²) in [5.41, 5.74) is 4.50. The minimum absolute atomic E-state index is 0.260. The molecule has 19 heavy (non-hydrogen) atoms. The molecule has 1 aliphatic heterocycles. The van der Waals surface area contributed by atoms with Gasteiger partial charge in [-0.1, -0.05) is 0 Å². The molecule has 2 nitrogen and oxygen atoms in total. The van der Waals surface area contributed by atoms with Gasteiger partial charge in [-0.05, 0) is 0 Å². The number of aryl methyl sites for hydroxylation is 1. The van der Waals surface area contributed by atoms with Crippen LogP contribution in [0.15, 0.2) is 6.07 Å². The maximum absolute atomic E-state index is 6.18. The molecule has 4 heteroatoms. The van der Waals surface area contributed by atoms with Crippen molar-refractivity contribution >= 4 is 33.5 Å². The van der Waals surface area contributed by atoms with Gasteiger partial charge in [-0.25, -0.2) is 0 Å². The molecule has 0 bridgehead atoms. The van der Waals surface area contributed by atoms with E-state index < -0.39 is 0 Å². The van der Waals surface area contributed by atoms with Crippen LogP contribution in [0.2, 0.25) is 0 Å². The monoisotopic (exact) mass is 319 g/mol. The molecular formula is C15H22BGeO2. The Balaban J connectivity index is 2.49. The summed E-state index contributed by atoms with van der Waals surface area (Å²) in [5, 5.41) is 0. The van der Waals surface area contributed by atoms with Crippen molar-refractivity contribution in [3.63, 3.8) is 0 Å². The summed E-state index contributed by atoms with van der Waals surface area (Å²) in [5.74, 6) is 0. The second-order valence-corrected chi connectivity index (χ2v) is 7.62. The van der Waals surface area contributed by atoms with E-state index in [9.17, 15) is 0 Å². The molecule has 101 valence electrons. The van der Waals surface area contributed by atoms with Gasteiger partial charge < -0.3 is 0 Å². The van der Waals surface area contributed by atoms with Crippen molar-refractivity contribution in [1.29, 1.82) is 0 Å². The van der Waals surface area contributed by atoms with Gasteiger partial charge >= 0.3 is 125 Å². The van der Waals surface area contributed by atoms with Gasteiger partial charge in [0.2, 0.25) is 0 Å². The molecule has 2 rings (SSSR count). The number of hydrogen-bond donors (Lipinski definition) is 0. The van der Waals surface area contributed by atoms with Crippen LogP contribution >= 0.6 is 0 Å². The summed E-state index contributed by atoms with van der Waals surface area (Å²) in [6, 6.07) is 2.22. The molecular weight excluding hydrogens is 296 g/mol. The van der Waals surface area contributed by atoms with Crippen LogP contribution < -0.4 is 9.86 Å². The van der Waals surface area contributed by atoms with Gasteiger partial charge in [0, 0.05) is 0 Å². The van der Waals surface area contributed by atoms with Gasteiger partial charge in [0.25, 0.3) is 0 Å². The van der Waals surface area contributed by atoms with Crippen LogP contribution in [0.3, 0.4) is 0 Å². The molecule has 3 radical (unpaired) electrons. The molecule has 1 fully saturated rings. The molecule has 0 saturated carbocycles. The summed E-state index contributed by atoms with van der Waals surface area (Å²) in [6.07, 6.45) is 0. The van der Waals surface area contributed by atoms with Gasteiger partial charge in [-0.2, -0.15) is 0 Å². The molecule has 0 amide bonds. The number of hydrogen-bond acceptors (Lipinski definition) is 2. The molecule has 1 aromatic rings. The zero-order chi connectivity index (χ0) is 14.6. The Morgan fingerprint density at radius 2 is 1.42 bits per heavy atom. The summed E-state index contributed by atoms with van der Waals surface area (Å²) < 4.78 is 13.7. The molecule has 1 aliphatic rings. The Morgan fingerprint density at radius 1 is 0.947 bits per heavy atom. The molecule has 1 saturated heterocycles. The Morgan fingerprint density at radius 3 is 1.89 bits per heavy atom. The predicted octanol–water partition coefficient (Wildman–Crippen LogP) is 1.70. The van der Waals surface area contributed by atoms with Crippen LogP contribution in [-0.2, 0) is 9.31 Å². The van der Waals surface area contributed by atoms with Crippen molar-refractivity contribution in [2.24, 2.45) is 0 Å². The third-order valence-electron chi connectivity index (χ3n) is 4.65. The second kappa shape index (κ2) is 4.64. The first kappa shape index (κ1) is 15.1. The fourth-order valence-corrected chi connectivity index (χ4v) is 3.27. The SMILES string of the molecule is Cc1c[c]([Ge])c(C)c(C)c1B1OC(C)(C)C(C)(C)O1.